The second-order valence-corrected chi connectivity index (χ2v) is 5.70. The summed E-state index contributed by atoms with van der Waals surface area (Å²) in [7, 11) is 0. The zero-order chi connectivity index (χ0) is 11.0. The molecule has 0 amide bonds. The molecule has 1 N–H and O–H groups in total. The van der Waals surface area contributed by atoms with Gasteiger partial charge in [-0.1, -0.05) is 15.9 Å². The van der Waals surface area contributed by atoms with E-state index in [9.17, 15) is 0 Å². The van der Waals surface area contributed by atoms with Crippen LogP contribution >= 0.6 is 28.3 Å². The molecule has 2 heterocycles. The predicted molar refractivity (Wildman–Crippen MR) is 75.2 cm³/mol. The number of piperidine rings is 1. The van der Waals surface area contributed by atoms with Crippen LogP contribution in [0.1, 0.15) is 24.8 Å². The third-order valence-corrected chi connectivity index (χ3v) is 4.21. The fraction of sp³-hybridized carbons (Fsp3) is 0.538. The van der Waals surface area contributed by atoms with Crippen molar-refractivity contribution in [1.29, 1.82) is 0 Å². The Morgan fingerprint density at radius 3 is 2.71 bits per heavy atom. The largest absolute Gasteiger partial charge is 0.487 e. The van der Waals surface area contributed by atoms with E-state index in [2.05, 4.69) is 39.4 Å². The summed E-state index contributed by atoms with van der Waals surface area (Å²) in [5.74, 6) is 1.09. The first-order valence-corrected chi connectivity index (χ1v) is 6.75. The van der Waals surface area contributed by atoms with Gasteiger partial charge in [0.2, 0.25) is 0 Å². The van der Waals surface area contributed by atoms with E-state index in [4.69, 9.17) is 4.74 Å². The first kappa shape index (κ1) is 13.2. The third-order valence-electron chi connectivity index (χ3n) is 3.71. The highest BCUT2D eigenvalue weighted by Crippen LogP contribution is 2.38. The fourth-order valence-corrected chi connectivity index (χ4v) is 3.13. The highest BCUT2D eigenvalue weighted by Gasteiger charge is 2.37. The van der Waals surface area contributed by atoms with Crippen LogP contribution in [0.2, 0.25) is 0 Å². The lowest BCUT2D eigenvalue weighted by Gasteiger charge is -2.41. The summed E-state index contributed by atoms with van der Waals surface area (Å²) in [5.41, 5.74) is 1.46. The smallest absolute Gasteiger partial charge is 0.123 e. The maximum absolute atomic E-state index is 6.25. The van der Waals surface area contributed by atoms with Gasteiger partial charge in [0, 0.05) is 4.47 Å². The normalized spacial score (nSPS) is 21.2. The molecule has 1 spiro atoms. The Hall–Kier alpha value is -0.250. The number of halogens is 2. The second kappa shape index (κ2) is 5.17. The van der Waals surface area contributed by atoms with Crippen LogP contribution in [0.3, 0.4) is 0 Å². The van der Waals surface area contributed by atoms with E-state index in [0.29, 0.717) is 0 Å². The highest BCUT2D eigenvalue weighted by molar-refractivity contribution is 9.10. The number of benzene rings is 1. The molecule has 17 heavy (non-hydrogen) atoms. The summed E-state index contributed by atoms with van der Waals surface area (Å²) in [4.78, 5) is 0. The molecular formula is C13H17BrClNO. The SMILES string of the molecule is Brc1ccc2c(c1)CCC1(CCNCC1)O2.Cl. The molecule has 2 aliphatic heterocycles. The van der Waals surface area contributed by atoms with Gasteiger partial charge in [-0.25, -0.2) is 0 Å². The van der Waals surface area contributed by atoms with Gasteiger partial charge in [0.25, 0.3) is 0 Å². The van der Waals surface area contributed by atoms with Gasteiger partial charge in [0.15, 0.2) is 0 Å². The van der Waals surface area contributed by atoms with Crippen molar-refractivity contribution >= 4 is 28.3 Å². The molecule has 0 radical (unpaired) electrons. The Bertz CT molecular complexity index is 404. The van der Waals surface area contributed by atoms with Crippen molar-refractivity contribution in [2.45, 2.75) is 31.3 Å². The van der Waals surface area contributed by atoms with Crippen molar-refractivity contribution in [1.82, 2.24) is 5.32 Å². The maximum Gasteiger partial charge on any atom is 0.123 e. The second-order valence-electron chi connectivity index (χ2n) is 4.79. The average Bonchev–Trinajstić information content (AvgIpc) is 2.31. The van der Waals surface area contributed by atoms with E-state index < -0.39 is 0 Å². The topological polar surface area (TPSA) is 21.3 Å². The fourth-order valence-electron chi connectivity index (χ4n) is 2.72. The average molecular weight is 319 g/mol. The van der Waals surface area contributed by atoms with Crippen LogP contribution in [-0.4, -0.2) is 18.7 Å². The first-order chi connectivity index (χ1) is 7.77. The molecule has 1 aromatic rings. The van der Waals surface area contributed by atoms with E-state index in [0.717, 1.165) is 49.0 Å². The molecule has 0 saturated carbocycles. The third kappa shape index (κ3) is 2.61. The van der Waals surface area contributed by atoms with Crippen molar-refractivity contribution < 1.29 is 4.74 Å². The van der Waals surface area contributed by atoms with Crippen molar-refractivity contribution in [2.24, 2.45) is 0 Å². The van der Waals surface area contributed by atoms with E-state index in [1.165, 1.54) is 5.56 Å². The van der Waals surface area contributed by atoms with Crippen LogP contribution in [-0.2, 0) is 6.42 Å². The maximum atomic E-state index is 6.25. The first-order valence-electron chi connectivity index (χ1n) is 5.96. The van der Waals surface area contributed by atoms with Crippen LogP contribution in [0.5, 0.6) is 5.75 Å². The lowest BCUT2D eigenvalue weighted by Crippen LogP contribution is -2.48. The van der Waals surface area contributed by atoms with Gasteiger partial charge in [-0.05, 0) is 62.5 Å². The zero-order valence-corrected chi connectivity index (χ0v) is 12.1. The van der Waals surface area contributed by atoms with Crippen LogP contribution in [0, 0.1) is 0 Å². The number of fused-ring (bicyclic) bond motifs is 1. The summed E-state index contributed by atoms with van der Waals surface area (Å²) in [6, 6.07) is 6.35. The predicted octanol–water partition coefficient (Wildman–Crippen LogP) is 3.32. The molecule has 2 nitrogen and oxygen atoms in total. The molecule has 0 aromatic heterocycles. The van der Waals surface area contributed by atoms with Crippen LogP contribution in [0.15, 0.2) is 22.7 Å². The Morgan fingerprint density at radius 2 is 1.94 bits per heavy atom. The van der Waals surface area contributed by atoms with Gasteiger partial charge in [-0.2, -0.15) is 0 Å². The minimum absolute atomic E-state index is 0. The van der Waals surface area contributed by atoms with Crippen LogP contribution < -0.4 is 10.1 Å². The quantitative estimate of drug-likeness (QED) is 0.792. The molecular weight excluding hydrogens is 302 g/mol. The van der Waals surface area contributed by atoms with Crippen LogP contribution in [0.4, 0.5) is 0 Å². The van der Waals surface area contributed by atoms with E-state index in [-0.39, 0.29) is 18.0 Å². The number of nitrogens with one attached hydrogen (secondary N) is 1. The van der Waals surface area contributed by atoms with Crippen molar-refractivity contribution in [3.8, 4) is 5.75 Å². The van der Waals surface area contributed by atoms with E-state index in [1.807, 2.05) is 0 Å². The van der Waals surface area contributed by atoms with Crippen molar-refractivity contribution in [3.63, 3.8) is 0 Å². The number of hydrogen-bond donors (Lipinski definition) is 1. The van der Waals surface area contributed by atoms with Crippen LogP contribution in [0.25, 0.3) is 0 Å². The molecule has 1 saturated heterocycles. The molecule has 0 aliphatic carbocycles. The van der Waals surface area contributed by atoms with Gasteiger partial charge in [0.1, 0.15) is 11.4 Å². The van der Waals surface area contributed by atoms with Gasteiger partial charge in [-0.3, -0.25) is 0 Å². The standard InChI is InChI=1S/C13H16BrNO.ClH/c14-11-1-2-12-10(9-11)3-4-13(16-12)5-7-15-8-6-13;/h1-2,9,15H,3-8H2;1H. The monoisotopic (exact) mass is 317 g/mol. The number of hydrogen-bond acceptors (Lipinski definition) is 2. The van der Waals surface area contributed by atoms with E-state index >= 15 is 0 Å². The summed E-state index contributed by atoms with van der Waals surface area (Å²) in [5, 5.41) is 3.40. The van der Waals surface area contributed by atoms with Crippen molar-refractivity contribution in [3.05, 3.63) is 28.2 Å². The molecule has 4 heteroatoms. The number of ether oxygens (including phenoxy) is 1. The number of aryl methyl sites for hydroxylation is 1. The summed E-state index contributed by atoms with van der Waals surface area (Å²) >= 11 is 3.51. The lowest BCUT2D eigenvalue weighted by atomic mass is 9.84. The molecule has 1 aromatic carbocycles. The van der Waals surface area contributed by atoms with Gasteiger partial charge in [-0.15, -0.1) is 12.4 Å². The van der Waals surface area contributed by atoms with Crippen molar-refractivity contribution in [2.75, 3.05) is 13.1 Å². The number of rotatable bonds is 0. The molecule has 1 fully saturated rings. The Labute approximate surface area is 117 Å². The summed E-state index contributed by atoms with van der Waals surface area (Å²) in [6.07, 6.45) is 4.60. The molecule has 0 unspecified atom stereocenters. The van der Waals surface area contributed by atoms with Gasteiger partial charge < -0.3 is 10.1 Å². The molecule has 94 valence electrons. The highest BCUT2D eigenvalue weighted by atomic mass is 79.9. The molecule has 0 atom stereocenters. The van der Waals surface area contributed by atoms with Gasteiger partial charge >= 0.3 is 0 Å². The zero-order valence-electron chi connectivity index (χ0n) is 9.67. The minimum Gasteiger partial charge on any atom is -0.487 e. The Kier molecular flexibility index (Phi) is 4.01. The summed E-state index contributed by atoms with van der Waals surface area (Å²) in [6.45, 7) is 2.18. The van der Waals surface area contributed by atoms with E-state index in [1.54, 1.807) is 0 Å². The molecule has 2 aliphatic rings. The van der Waals surface area contributed by atoms with Gasteiger partial charge in [0.05, 0.1) is 0 Å². The lowest BCUT2D eigenvalue weighted by molar-refractivity contribution is 0.0170. The Balaban J connectivity index is 0.00000108. The Morgan fingerprint density at radius 1 is 1.18 bits per heavy atom. The summed E-state index contributed by atoms with van der Waals surface area (Å²) < 4.78 is 7.40. The minimum atomic E-state index is 0. The molecule has 0 bridgehead atoms. The molecule has 3 rings (SSSR count).